The van der Waals surface area contributed by atoms with Gasteiger partial charge >= 0.3 is 5.97 Å². The van der Waals surface area contributed by atoms with Gasteiger partial charge in [-0.15, -0.1) is 23.1 Å². The number of rotatable bonds is 6. The highest BCUT2D eigenvalue weighted by Gasteiger charge is 2.34. The molecule has 1 unspecified atom stereocenters. The first-order valence-electron chi connectivity index (χ1n) is 7.29. The first-order valence-corrected chi connectivity index (χ1v) is 9.22. The van der Waals surface area contributed by atoms with E-state index >= 15 is 0 Å². The Balaban J connectivity index is 1.65. The number of nitrogens with zero attached hydrogens (tertiary/aromatic N) is 1. The molecule has 0 aliphatic carbocycles. The highest BCUT2D eigenvalue weighted by Crippen LogP contribution is 2.39. The summed E-state index contributed by atoms with van der Waals surface area (Å²) in [7, 11) is 0. The summed E-state index contributed by atoms with van der Waals surface area (Å²) in [5, 5.41) is 1.94. The van der Waals surface area contributed by atoms with Crippen LogP contribution in [-0.2, 0) is 27.4 Å². The van der Waals surface area contributed by atoms with Crippen LogP contribution < -0.4 is 0 Å². The van der Waals surface area contributed by atoms with Crippen LogP contribution in [0.4, 0.5) is 0 Å². The number of thioether (sulfide) groups is 1. The normalized spacial score (nSPS) is 17.7. The van der Waals surface area contributed by atoms with Crippen LogP contribution in [0.15, 0.2) is 34.1 Å². The molecule has 1 saturated heterocycles. The van der Waals surface area contributed by atoms with E-state index in [1.54, 1.807) is 29.2 Å². The molecular formula is C16H17NO4S2. The highest BCUT2D eigenvalue weighted by molar-refractivity contribution is 8.00. The number of ether oxygens (including phenoxy) is 1. The fourth-order valence-electron chi connectivity index (χ4n) is 2.39. The SMILES string of the molecule is CC(=O)OCc1ccc(C2SCC(=O)N2CCc2cccs2)o1. The van der Waals surface area contributed by atoms with Crippen LogP contribution in [0.5, 0.6) is 0 Å². The van der Waals surface area contributed by atoms with Crippen LogP contribution in [0.1, 0.15) is 28.7 Å². The van der Waals surface area contributed by atoms with E-state index in [1.165, 1.54) is 11.8 Å². The Morgan fingerprint density at radius 3 is 3.04 bits per heavy atom. The average molecular weight is 351 g/mol. The number of thiophene rings is 1. The van der Waals surface area contributed by atoms with Gasteiger partial charge in [-0.05, 0) is 30.0 Å². The van der Waals surface area contributed by atoms with Crippen molar-refractivity contribution in [2.24, 2.45) is 0 Å². The molecule has 122 valence electrons. The Bertz CT molecular complexity index is 680. The van der Waals surface area contributed by atoms with Crippen LogP contribution in [-0.4, -0.2) is 29.1 Å². The van der Waals surface area contributed by atoms with Crippen LogP contribution in [0.3, 0.4) is 0 Å². The first-order chi connectivity index (χ1) is 11.1. The molecule has 0 N–H and O–H groups in total. The monoisotopic (exact) mass is 351 g/mol. The minimum Gasteiger partial charge on any atom is -0.459 e. The van der Waals surface area contributed by atoms with E-state index in [0.29, 0.717) is 18.1 Å². The van der Waals surface area contributed by atoms with E-state index in [4.69, 9.17) is 9.15 Å². The van der Waals surface area contributed by atoms with Gasteiger partial charge < -0.3 is 14.1 Å². The molecule has 1 atom stereocenters. The van der Waals surface area contributed by atoms with Gasteiger partial charge in [0.2, 0.25) is 5.91 Å². The summed E-state index contributed by atoms with van der Waals surface area (Å²) < 4.78 is 10.7. The van der Waals surface area contributed by atoms with Crippen molar-refractivity contribution in [1.82, 2.24) is 4.90 Å². The van der Waals surface area contributed by atoms with E-state index in [-0.39, 0.29) is 23.9 Å². The second-order valence-electron chi connectivity index (χ2n) is 5.16. The van der Waals surface area contributed by atoms with Gasteiger partial charge in [0.25, 0.3) is 0 Å². The Morgan fingerprint density at radius 2 is 2.30 bits per heavy atom. The van der Waals surface area contributed by atoms with Gasteiger partial charge in [0.05, 0.1) is 5.75 Å². The number of furan rings is 1. The number of hydrogen-bond acceptors (Lipinski definition) is 6. The predicted octanol–water partition coefficient (Wildman–Crippen LogP) is 3.22. The van der Waals surface area contributed by atoms with Crippen molar-refractivity contribution in [3.8, 4) is 0 Å². The highest BCUT2D eigenvalue weighted by atomic mass is 32.2. The van der Waals surface area contributed by atoms with Crippen LogP contribution in [0, 0.1) is 0 Å². The molecule has 1 aliphatic heterocycles. The van der Waals surface area contributed by atoms with Crippen molar-refractivity contribution in [2.45, 2.75) is 25.3 Å². The molecule has 0 saturated carbocycles. The van der Waals surface area contributed by atoms with Crippen LogP contribution >= 0.6 is 23.1 Å². The largest absolute Gasteiger partial charge is 0.459 e. The number of carbonyl (C=O) groups is 2. The summed E-state index contributed by atoms with van der Waals surface area (Å²) >= 11 is 3.27. The summed E-state index contributed by atoms with van der Waals surface area (Å²) in [5.41, 5.74) is 0. The van der Waals surface area contributed by atoms with Crippen molar-refractivity contribution < 1.29 is 18.7 Å². The third kappa shape index (κ3) is 3.97. The molecule has 1 fully saturated rings. The van der Waals surface area contributed by atoms with Crippen molar-refractivity contribution >= 4 is 35.0 Å². The van der Waals surface area contributed by atoms with Crippen LogP contribution in [0.2, 0.25) is 0 Å². The third-order valence-electron chi connectivity index (χ3n) is 3.49. The predicted molar refractivity (Wildman–Crippen MR) is 89.1 cm³/mol. The minimum absolute atomic E-state index is 0.103. The molecule has 1 amide bonds. The Hall–Kier alpha value is -1.73. The van der Waals surface area contributed by atoms with E-state index in [0.717, 1.165) is 12.2 Å². The first kappa shape index (κ1) is 16.1. The van der Waals surface area contributed by atoms with Crippen molar-refractivity contribution in [3.05, 3.63) is 46.0 Å². The zero-order chi connectivity index (χ0) is 16.2. The zero-order valence-corrected chi connectivity index (χ0v) is 14.3. The topological polar surface area (TPSA) is 59.8 Å². The Kier molecular flexibility index (Phi) is 5.07. The van der Waals surface area contributed by atoms with E-state index in [2.05, 4.69) is 6.07 Å². The molecule has 0 aromatic carbocycles. The summed E-state index contributed by atoms with van der Waals surface area (Å²) in [6.45, 7) is 2.16. The molecule has 7 heteroatoms. The lowest BCUT2D eigenvalue weighted by Crippen LogP contribution is -2.30. The van der Waals surface area contributed by atoms with Gasteiger partial charge in [-0.1, -0.05) is 6.07 Å². The molecule has 0 bridgehead atoms. The van der Waals surface area contributed by atoms with Gasteiger partial charge in [-0.2, -0.15) is 0 Å². The van der Waals surface area contributed by atoms with E-state index in [1.807, 2.05) is 22.4 Å². The maximum absolute atomic E-state index is 12.1. The summed E-state index contributed by atoms with van der Waals surface area (Å²) in [5.74, 6) is 1.58. The number of esters is 1. The van der Waals surface area contributed by atoms with E-state index in [9.17, 15) is 9.59 Å². The molecule has 23 heavy (non-hydrogen) atoms. The maximum Gasteiger partial charge on any atom is 0.303 e. The number of carbonyl (C=O) groups excluding carboxylic acids is 2. The lowest BCUT2D eigenvalue weighted by atomic mass is 10.3. The molecular weight excluding hydrogens is 334 g/mol. The second kappa shape index (κ2) is 7.23. The Morgan fingerprint density at radius 1 is 1.43 bits per heavy atom. The lowest BCUT2D eigenvalue weighted by molar-refractivity contribution is -0.142. The zero-order valence-electron chi connectivity index (χ0n) is 12.7. The number of amides is 1. The summed E-state index contributed by atoms with van der Waals surface area (Å²) in [6, 6.07) is 7.75. The van der Waals surface area contributed by atoms with Gasteiger partial charge in [-0.25, -0.2) is 0 Å². The van der Waals surface area contributed by atoms with Crippen molar-refractivity contribution in [3.63, 3.8) is 0 Å². The molecule has 1 aliphatic rings. The fraction of sp³-hybridized carbons (Fsp3) is 0.375. The summed E-state index contributed by atoms with van der Waals surface area (Å²) in [4.78, 5) is 26.1. The minimum atomic E-state index is -0.342. The van der Waals surface area contributed by atoms with Crippen molar-refractivity contribution in [2.75, 3.05) is 12.3 Å². The second-order valence-corrected chi connectivity index (χ2v) is 7.26. The molecule has 0 spiro atoms. The van der Waals surface area contributed by atoms with Gasteiger partial charge in [0, 0.05) is 18.3 Å². The van der Waals surface area contributed by atoms with Gasteiger partial charge in [-0.3, -0.25) is 9.59 Å². The standard InChI is InChI=1S/C16H17NO4S2/c1-11(18)20-9-12-4-5-14(21-12)16-17(15(19)10-23-16)7-6-13-3-2-8-22-13/h2-5,8,16H,6-7,9-10H2,1H3. The molecule has 3 heterocycles. The van der Waals surface area contributed by atoms with Gasteiger partial charge in [0.1, 0.15) is 23.5 Å². The summed E-state index contributed by atoms with van der Waals surface area (Å²) in [6.07, 6.45) is 0.849. The van der Waals surface area contributed by atoms with E-state index < -0.39 is 0 Å². The third-order valence-corrected chi connectivity index (χ3v) is 5.64. The molecule has 3 rings (SSSR count). The fourth-order valence-corrected chi connectivity index (χ4v) is 4.25. The average Bonchev–Trinajstić information content (AvgIpc) is 3.24. The quantitative estimate of drug-likeness (QED) is 0.748. The molecule has 2 aromatic heterocycles. The molecule has 0 radical (unpaired) electrons. The smallest absolute Gasteiger partial charge is 0.303 e. The Labute approximate surface area is 142 Å². The lowest BCUT2D eigenvalue weighted by Gasteiger charge is -2.22. The number of hydrogen-bond donors (Lipinski definition) is 0. The van der Waals surface area contributed by atoms with Crippen LogP contribution in [0.25, 0.3) is 0 Å². The molecule has 2 aromatic rings. The van der Waals surface area contributed by atoms with Crippen molar-refractivity contribution in [1.29, 1.82) is 0 Å². The molecule has 5 nitrogen and oxygen atoms in total. The maximum atomic E-state index is 12.1. The van der Waals surface area contributed by atoms with Gasteiger partial charge in [0.15, 0.2) is 0 Å².